The Morgan fingerprint density at radius 3 is 2.68 bits per heavy atom. The number of amides is 1. The molecule has 2 heterocycles. The van der Waals surface area contributed by atoms with Crippen LogP contribution >= 0.6 is 0 Å². The molecule has 0 spiro atoms. The van der Waals surface area contributed by atoms with Crippen LogP contribution in [-0.4, -0.2) is 21.2 Å². The van der Waals surface area contributed by atoms with E-state index in [2.05, 4.69) is 24.3 Å². The fraction of sp³-hybridized carbons (Fsp3) is 0.333. The first-order valence-electron chi connectivity index (χ1n) is 6.47. The Hall–Kier alpha value is -2.10. The van der Waals surface area contributed by atoms with Crippen LogP contribution in [0.2, 0.25) is 0 Å². The number of nitrogens with one attached hydrogen (secondary N) is 1. The number of aromatic nitrogens is 2. The van der Waals surface area contributed by atoms with Crippen LogP contribution < -0.4 is 5.32 Å². The first kappa shape index (κ1) is 12.0. The van der Waals surface area contributed by atoms with Gasteiger partial charge in [0, 0.05) is 24.1 Å². The van der Waals surface area contributed by atoms with Gasteiger partial charge >= 0.3 is 0 Å². The van der Waals surface area contributed by atoms with Crippen LogP contribution in [0, 0.1) is 0 Å². The Labute approximate surface area is 112 Å². The first-order chi connectivity index (χ1) is 9.06. The Morgan fingerprint density at radius 2 is 2.05 bits per heavy atom. The summed E-state index contributed by atoms with van der Waals surface area (Å²) >= 11 is 0. The third-order valence-corrected chi connectivity index (χ3v) is 3.75. The predicted octanol–water partition coefficient (Wildman–Crippen LogP) is 2.25. The molecule has 1 N–H and O–H groups in total. The lowest BCUT2D eigenvalue weighted by molar-refractivity contribution is -0.119. The Balaban J connectivity index is 1.92. The summed E-state index contributed by atoms with van der Waals surface area (Å²) in [5, 5.41) is 7.41. The van der Waals surface area contributed by atoms with Crippen molar-refractivity contribution in [2.24, 2.45) is 0 Å². The molecule has 1 atom stereocenters. The summed E-state index contributed by atoms with van der Waals surface area (Å²) in [4.78, 5) is 11.6. The van der Waals surface area contributed by atoms with Gasteiger partial charge in [-0.2, -0.15) is 5.10 Å². The number of hydrogen-bond acceptors (Lipinski definition) is 2. The number of para-hydroxylation sites is 1. The summed E-state index contributed by atoms with van der Waals surface area (Å²) in [5.41, 5.74) is 1.93. The van der Waals surface area contributed by atoms with Crippen molar-refractivity contribution in [2.75, 3.05) is 0 Å². The van der Waals surface area contributed by atoms with Crippen molar-refractivity contribution >= 4 is 5.91 Å². The van der Waals surface area contributed by atoms with Gasteiger partial charge in [-0.15, -0.1) is 0 Å². The largest absolute Gasteiger partial charge is 0.351 e. The van der Waals surface area contributed by atoms with E-state index in [9.17, 15) is 4.79 Å². The average Bonchev–Trinajstić information content (AvgIpc) is 2.94. The number of benzene rings is 1. The minimum Gasteiger partial charge on any atom is -0.351 e. The highest BCUT2D eigenvalue weighted by atomic mass is 16.2. The Kier molecular flexibility index (Phi) is 2.66. The molecule has 0 aliphatic carbocycles. The molecule has 1 saturated heterocycles. The highest BCUT2D eigenvalue weighted by molar-refractivity contribution is 5.81. The molecule has 1 fully saturated rings. The summed E-state index contributed by atoms with van der Waals surface area (Å²) in [5.74, 6) is 0.292. The fourth-order valence-electron chi connectivity index (χ4n) is 2.71. The van der Waals surface area contributed by atoms with Crippen molar-refractivity contribution in [3.8, 4) is 5.69 Å². The molecule has 3 rings (SSSR count). The predicted molar refractivity (Wildman–Crippen MR) is 73.1 cm³/mol. The molecule has 1 aromatic carbocycles. The summed E-state index contributed by atoms with van der Waals surface area (Å²) in [7, 11) is 0. The number of carbonyl (C=O) groups is 1. The van der Waals surface area contributed by atoms with E-state index in [4.69, 9.17) is 0 Å². The van der Waals surface area contributed by atoms with Crippen LogP contribution in [0.5, 0.6) is 0 Å². The second-order valence-electron chi connectivity index (χ2n) is 5.58. The van der Waals surface area contributed by atoms with Gasteiger partial charge < -0.3 is 5.32 Å². The second kappa shape index (κ2) is 4.23. The topological polar surface area (TPSA) is 46.9 Å². The highest BCUT2D eigenvalue weighted by Gasteiger charge is 2.40. The Morgan fingerprint density at radius 1 is 1.32 bits per heavy atom. The fourth-order valence-corrected chi connectivity index (χ4v) is 2.71. The number of carbonyl (C=O) groups excluding carboxylic acids is 1. The van der Waals surface area contributed by atoms with Crippen LogP contribution in [-0.2, 0) is 4.79 Å². The molecule has 1 aliphatic heterocycles. The SMILES string of the molecule is CC1(C)NC(=O)CC1c1cnn(-c2ccccc2)c1. The van der Waals surface area contributed by atoms with Crippen LogP contribution in [0.25, 0.3) is 5.69 Å². The lowest BCUT2D eigenvalue weighted by Crippen LogP contribution is -2.38. The van der Waals surface area contributed by atoms with Crippen molar-refractivity contribution in [3.05, 3.63) is 48.3 Å². The molecule has 0 bridgehead atoms. The second-order valence-corrected chi connectivity index (χ2v) is 5.58. The van der Waals surface area contributed by atoms with E-state index in [0.717, 1.165) is 11.3 Å². The molecule has 1 amide bonds. The molecule has 1 aliphatic rings. The molecule has 1 unspecified atom stereocenters. The van der Waals surface area contributed by atoms with Crippen molar-refractivity contribution in [1.29, 1.82) is 0 Å². The van der Waals surface area contributed by atoms with E-state index in [0.29, 0.717) is 6.42 Å². The molecule has 98 valence electrons. The standard InChI is InChI=1S/C15H17N3O/c1-15(2)13(8-14(19)17-15)11-9-16-18(10-11)12-6-4-3-5-7-12/h3-7,9-10,13H,8H2,1-2H3,(H,17,19). The molecular weight excluding hydrogens is 238 g/mol. The van der Waals surface area contributed by atoms with Crippen molar-refractivity contribution in [2.45, 2.75) is 31.7 Å². The van der Waals surface area contributed by atoms with Gasteiger partial charge in [-0.3, -0.25) is 4.79 Å². The summed E-state index contributed by atoms with van der Waals surface area (Å²) in [6.07, 6.45) is 4.41. The molecule has 4 heteroatoms. The molecular formula is C15H17N3O. The molecule has 19 heavy (non-hydrogen) atoms. The summed E-state index contributed by atoms with van der Waals surface area (Å²) in [6, 6.07) is 9.99. The quantitative estimate of drug-likeness (QED) is 0.894. The van der Waals surface area contributed by atoms with Gasteiger partial charge in [0.05, 0.1) is 11.9 Å². The molecule has 0 radical (unpaired) electrons. The van der Waals surface area contributed by atoms with Crippen molar-refractivity contribution in [3.63, 3.8) is 0 Å². The van der Waals surface area contributed by atoms with Gasteiger partial charge in [0.15, 0.2) is 0 Å². The van der Waals surface area contributed by atoms with Crippen LogP contribution in [0.15, 0.2) is 42.7 Å². The average molecular weight is 255 g/mol. The monoisotopic (exact) mass is 255 g/mol. The zero-order chi connectivity index (χ0) is 13.5. The third kappa shape index (κ3) is 2.14. The normalized spacial score (nSPS) is 21.4. The molecule has 0 saturated carbocycles. The minimum atomic E-state index is -0.207. The molecule has 4 nitrogen and oxygen atoms in total. The maximum atomic E-state index is 11.6. The van der Waals surface area contributed by atoms with E-state index in [1.807, 2.05) is 47.4 Å². The highest BCUT2D eigenvalue weighted by Crippen LogP contribution is 2.35. The van der Waals surface area contributed by atoms with E-state index < -0.39 is 0 Å². The third-order valence-electron chi connectivity index (χ3n) is 3.75. The summed E-state index contributed by atoms with van der Waals surface area (Å²) < 4.78 is 1.86. The van der Waals surface area contributed by atoms with E-state index in [1.165, 1.54) is 0 Å². The maximum Gasteiger partial charge on any atom is 0.221 e. The van der Waals surface area contributed by atoms with Gasteiger partial charge in [0.1, 0.15) is 0 Å². The minimum absolute atomic E-state index is 0.113. The van der Waals surface area contributed by atoms with Gasteiger partial charge in [-0.05, 0) is 31.5 Å². The molecule has 2 aromatic rings. The number of hydrogen-bond donors (Lipinski definition) is 1. The van der Waals surface area contributed by atoms with E-state index in [-0.39, 0.29) is 17.4 Å². The summed E-state index contributed by atoms with van der Waals surface area (Å²) in [6.45, 7) is 4.12. The molecule has 1 aromatic heterocycles. The van der Waals surface area contributed by atoms with Gasteiger partial charge in [0.25, 0.3) is 0 Å². The first-order valence-corrected chi connectivity index (χ1v) is 6.47. The van der Waals surface area contributed by atoms with Crippen molar-refractivity contribution < 1.29 is 4.79 Å². The zero-order valence-electron chi connectivity index (χ0n) is 11.1. The zero-order valence-corrected chi connectivity index (χ0v) is 11.1. The number of nitrogens with zero attached hydrogens (tertiary/aromatic N) is 2. The number of rotatable bonds is 2. The van der Waals surface area contributed by atoms with Crippen LogP contribution in [0.4, 0.5) is 0 Å². The lowest BCUT2D eigenvalue weighted by atomic mass is 9.85. The van der Waals surface area contributed by atoms with E-state index >= 15 is 0 Å². The lowest BCUT2D eigenvalue weighted by Gasteiger charge is -2.25. The van der Waals surface area contributed by atoms with Crippen LogP contribution in [0.3, 0.4) is 0 Å². The van der Waals surface area contributed by atoms with Crippen molar-refractivity contribution in [1.82, 2.24) is 15.1 Å². The van der Waals surface area contributed by atoms with Crippen LogP contribution in [0.1, 0.15) is 31.7 Å². The van der Waals surface area contributed by atoms with Gasteiger partial charge in [0.2, 0.25) is 5.91 Å². The smallest absolute Gasteiger partial charge is 0.221 e. The van der Waals surface area contributed by atoms with Gasteiger partial charge in [-0.1, -0.05) is 18.2 Å². The maximum absolute atomic E-state index is 11.6. The van der Waals surface area contributed by atoms with Gasteiger partial charge in [-0.25, -0.2) is 4.68 Å². The Bertz CT molecular complexity index is 601. The van der Waals surface area contributed by atoms with E-state index in [1.54, 1.807) is 0 Å².